The average Bonchev–Trinajstić information content (AvgIpc) is 2.48. The molecule has 0 spiro atoms. The van der Waals surface area contributed by atoms with Crippen LogP contribution >= 0.6 is 11.8 Å². The molecule has 0 heterocycles. The molecule has 1 N–H and O–H groups in total. The number of thioether (sulfide) groups is 1. The molecule has 0 aliphatic heterocycles. The van der Waals surface area contributed by atoms with Crippen molar-refractivity contribution >= 4 is 28.8 Å². The van der Waals surface area contributed by atoms with Crippen LogP contribution in [0.3, 0.4) is 0 Å². The lowest BCUT2D eigenvalue weighted by atomic mass is 10.2. The van der Waals surface area contributed by atoms with Gasteiger partial charge < -0.3 is 0 Å². The first-order valence-electron chi connectivity index (χ1n) is 5.90. The van der Waals surface area contributed by atoms with E-state index in [9.17, 15) is 0 Å². The molecule has 0 saturated carbocycles. The number of amidine groups is 1. The summed E-state index contributed by atoms with van der Waals surface area (Å²) in [5.41, 5.74) is 4.91. The molecule has 0 aromatic heterocycles. The van der Waals surface area contributed by atoms with Gasteiger partial charge >= 0.3 is 0 Å². The van der Waals surface area contributed by atoms with E-state index in [0.717, 1.165) is 16.4 Å². The van der Waals surface area contributed by atoms with Crippen molar-refractivity contribution in [1.29, 1.82) is 0 Å². The van der Waals surface area contributed by atoms with E-state index >= 15 is 0 Å². The predicted molar refractivity (Wildman–Crippen MR) is 84.2 cm³/mol. The summed E-state index contributed by atoms with van der Waals surface area (Å²) in [6.07, 6.45) is 3.74. The number of nitrogens with one attached hydrogen (secondary N) is 1. The highest BCUT2D eigenvalue weighted by atomic mass is 32.2. The monoisotopic (exact) mass is 269 g/mol. The molecule has 0 aliphatic rings. The third-order valence-corrected chi connectivity index (χ3v) is 2.92. The van der Waals surface area contributed by atoms with Gasteiger partial charge in [-0.25, -0.2) is 4.99 Å². The van der Waals surface area contributed by atoms with Crippen LogP contribution in [0.1, 0.15) is 5.56 Å². The van der Waals surface area contributed by atoms with E-state index in [2.05, 4.69) is 15.5 Å². The second-order valence-corrected chi connectivity index (χ2v) is 4.53. The molecular formula is C15H15N3S. The Hall–Kier alpha value is -2.07. The number of nitrogens with zero attached hydrogens (tertiary/aromatic N) is 2. The Morgan fingerprint density at radius 1 is 1.00 bits per heavy atom. The van der Waals surface area contributed by atoms with Gasteiger partial charge in [-0.2, -0.15) is 5.10 Å². The first-order valence-corrected chi connectivity index (χ1v) is 7.13. The summed E-state index contributed by atoms with van der Waals surface area (Å²) in [4.78, 5) is 4.46. The van der Waals surface area contributed by atoms with Crippen molar-refractivity contribution < 1.29 is 0 Å². The predicted octanol–water partition coefficient (Wildman–Crippen LogP) is 3.66. The van der Waals surface area contributed by atoms with E-state index in [-0.39, 0.29) is 0 Å². The van der Waals surface area contributed by atoms with Gasteiger partial charge in [-0.15, -0.1) is 0 Å². The zero-order valence-corrected chi connectivity index (χ0v) is 11.5. The van der Waals surface area contributed by atoms with Gasteiger partial charge in [0.15, 0.2) is 5.17 Å². The SMILES string of the molecule is CSC(=Nc1ccccc1)N/N=C\c1ccccc1. The van der Waals surface area contributed by atoms with Crippen LogP contribution in [-0.4, -0.2) is 17.6 Å². The average molecular weight is 269 g/mol. The van der Waals surface area contributed by atoms with Gasteiger partial charge in [-0.3, -0.25) is 5.43 Å². The molecule has 2 rings (SSSR count). The molecule has 0 saturated heterocycles. The number of hydrazone groups is 1. The highest BCUT2D eigenvalue weighted by Gasteiger charge is 1.94. The Kier molecular flexibility index (Phi) is 5.19. The van der Waals surface area contributed by atoms with Crippen LogP contribution < -0.4 is 5.43 Å². The van der Waals surface area contributed by atoms with Crippen molar-refractivity contribution in [2.45, 2.75) is 0 Å². The van der Waals surface area contributed by atoms with Crippen LogP contribution in [0.2, 0.25) is 0 Å². The summed E-state index contributed by atoms with van der Waals surface area (Å²) in [5.74, 6) is 0. The van der Waals surface area contributed by atoms with Crippen LogP contribution in [0.25, 0.3) is 0 Å². The van der Waals surface area contributed by atoms with Gasteiger partial charge in [0.2, 0.25) is 0 Å². The van der Waals surface area contributed by atoms with Crippen LogP contribution in [0.4, 0.5) is 5.69 Å². The van der Waals surface area contributed by atoms with Crippen LogP contribution in [0.15, 0.2) is 70.8 Å². The Bertz CT molecular complexity index is 550. The zero-order chi connectivity index (χ0) is 13.3. The molecule has 0 unspecified atom stereocenters. The van der Waals surface area contributed by atoms with Crippen molar-refractivity contribution in [3.63, 3.8) is 0 Å². The highest BCUT2D eigenvalue weighted by molar-refractivity contribution is 8.13. The number of hydrogen-bond donors (Lipinski definition) is 1. The molecule has 3 nitrogen and oxygen atoms in total. The Morgan fingerprint density at radius 2 is 1.63 bits per heavy atom. The lowest BCUT2D eigenvalue weighted by Gasteiger charge is -2.01. The van der Waals surface area contributed by atoms with Gasteiger partial charge in [0, 0.05) is 0 Å². The molecule has 2 aromatic rings. The fourth-order valence-electron chi connectivity index (χ4n) is 1.44. The second-order valence-electron chi connectivity index (χ2n) is 3.74. The van der Waals surface area contributed by atoms with Crippen molar-refractivity contribution in [2.75, 3.05) is 6.26 Å². The van der Waals surface area contributed by atoms with E-state index < -0.39 is 0 Å². The van der Waals surface area contributed by atoms with E-state index in [1.165, 1.54) is 11.8 Å². The van der Waals surface area contributed by atoms with Gasteiger partial charge in [0.1, 0.15) is 0 Å². The largest absolute Gasteiger partial charge is 0.256 e. The second kappa shape index (κ2) is 7.38. The zero-order valence-electron chi connectivity index (χ0n) is 10.7. The molecule has 0 bridgehead atoms. The molecule has 4 heteroatoms. The first-order chi connectivity index (χ1) is 9.38. The molecule has 2 aromatic carbocycles. The number of benzene rings is 2. The molecule has 0 amide bonds. The maximum Gasteiger partial charge on any atom is 0.182 e. The third-order valence-electron chi connectivity index (χ3n) is 2.35. The minimum absolute atomic E-state index is 0.762. The van der Waals surface area contributed by atoms with Crippen LogP contribution in [0, 0.1) is 0 Å². The highest BCUT2D eigenvalue weighted by Crippen LogP contribution is 2.12. The maximum absolute atomic E-state index is 4.46. The molecule has 19 heavy (non-hydrogen) atoms. The first kappa shape index (κ1) is 13.4. The minimum atomic E-state index is 0.762. The smallest absolute Gasteiger partial charge is 0.182 e. The molecule has 0 radical (unpaired) electrons. The van der Waals surface area contributed by atoms with Crippen molar-refractivity contribution in [3.05, 3.63) is 66.2 Å². The van der Waals surface area contributed by atoms with Crippen molar-refractivity contribution in [1.82, 2.24) is 5.43 Å². The summed E-state index contributed by atoms with van der Waals surface area (Å²) in [7, 11) is 0. The summed E-state index contributed by atoms with van der Waals surface area (Å²) < 4.78 is 0. The van der Waals surface area contributed by atoms with E-state index in [1.54, 1.807) is 6.21 Å². The van der Waals surface area contributed by atoms with Crippen molar-refractivity contribution in [3.8, 4) is 0 Å². The molecule has 96 valence electrons. The standard InChI is InChI=1S/C15H15N3S/c1-19-15(17-14-10-6-3-7-11-14)18-16-12-13-8-4-2-5-9-13/h2-12H,1H3,(H,17,18)/b16-12-. The van der Waals surface area contributed by atoms with Crippen LogP contribution in [0.5, 0.6) is 0 Å². The lowest BCUT2D eigenvalue weighted by Crippen LogP contribution is -2.13. The fourth-order valence-corrected chi connectivity index (χ4v) is 1.78. The summed E-state index contributed by atoms with van der Waals surface area (Å²) >= 11 is 1.53. The number of para-hydroxylation sites is 1. The van der Waals surface area contributed by atoms with E-state index in [4.69, 9.17) is 0 Å². The summed E-state index contributed by atoms with van der Waals surface area (Å²) in [6, 6.07) is 19.7. The topological polar surface area (TPSA) is 36.8 Å². The van der Waals surface area contributed by atoms with Gasteiger partial charge in [-0.1, -0.05) is 60.3 Å². The van der Waals surface area contributed by atoms with Crippen molar-refractivity contribution in [2.24, 2.45) is 10.1 Å². The quantitative estimate of drug-likeness (QED) is 0.524. The maximum atomic E-state index is 4.46. The minimum Gasteiger partial charge on any atom is -0.256 e. The third kappa shape index (κ3) is 4.60. The Morgan fingerprint density at radius 3 is 2.26 bits per heavy atom. The lowest BCUT2D eigenvalue weighted by molar-refractivity contribution is 1.05. The van der Waals surface area contributed by atoms with Gasteiger partial charge in [0.25, 0.3) is 0 Å². The number of rotatable bonds is 3. The summed E-state index contributed by atoms with van der Waals surface area (Å²) in [5, 5.41) is 4.94. The number of hydrogen-bond acceptors (Lipinski definition) is 3. The fraction of sp³-hybridized carbons (Fsp3) is 0.0667. The molecule has 0 atom stereocenters. The van der Waals surface area contributed by atoms with Crippen LogP contribution in [-0.2, 0) is 0 Å². The Labute approximate surface area is 117 Å². The molecule has 0 aliphatic carbocycles. The molecular weight excluding hydrogens is 254 g/mol. The molecule has 0 fully saturated rings. The Balaban J connectivity index is 2.00. The summed E-state index contributed by atoms with van der Waals surface area (Å²) in [6.45, 7) is 0. The van der Waals surface area contributed by atoms with Gasteiger partial charge in [0.05, 0.1) is 11.9 Å². The van der Waals surface area contributed by atoms with Gasteiger partial charge in [-0.05, 0) is 24.0 Å². The normalized spacial score (nSPS) is 11.7. The number of aliphatic imine (C=N–C) groups is 1. The van der Waals surface area contributed by atoms with E-state index in [1.807, 2.05) is 66.9 Å². The van der Waals surface area contributed by atoms with E-state index in [0.29, 0.717) is 0 Å².